The van der Waals surface area contributed by atoms with Gasteiger partial charge in [0.25, 0.3) is 0 Å². The first-order valence-electron chi connectivity index (χ1n) is 7.88. The number of methoxy groups -OCH3 is 1. The van der Waals surface area contributed by atoms with Gasteiger partial charge in [0.1, 0.15) is 0 Å². The quantitative estimate of drug-likeness (QED) is 0.454. The maximum atomic E-state index is 8.55. The predicted molar refractivity (Wildman–Crippen MR) is 94.6 cm³/mol. The summed E-state index contributed by atoms with van der Waals surface area (Å²) < 4.78 is 14.5. The summed E-state index contributed by atoms with van der Waals surface area (Å²) in [6, 6.07) is 17.1. The van der Waals surface area contributed by atoms with Crippen LogP contribution in [0.4, 0.5) is 0 Å². The summed E-state index contributed by atoms with van der Waals surface area (Å²) in [5.74, 6) is 0. The average Bonchev–Trinajstić information content (AvgIpc) is 2.50. The van der Waals surface area contributed by atoms with Crippen molar-refractivity contribution >= 4 is 29.6 Å². The van der Waals surface area contributed by atoms with Gasteiger partial charge in [-0.15, -0.1) is 0 Å². The molecule has 1 nitrogen and oxygen atoms in total. The fourth-order valence-electron chi connectivity index (χ4n) is 3.13. The number of hydrogen-bond donors (Lipinski definition) is 0. The Kier molecular flexibility index (Phi) is 3.28. The molecule has 0 bridgehead atoms. The molecular formula is C19H22OSi. The third-order valence-electron chi connectivity index (χ3n) is 3.99. The van der Waals surface area contributed by atoms with Crippen molar-refractivity contribution in [3.05, 3.63) is 60.1 Å². The van der Waals surface area contributed by atoms with Crippen LogP contribution in [0.25, 0.3) is 21.5 Å². The fourth-order valence-corrected chi connectivity index (χ4v) is 5.02. The third-order valence-corrected chi connectivity index (χ3v) is 6.09. The highest BCUT2D eigenvalue weighted by molar-refractivity contribution is 6.77. The van der Waals surface area contributed by atoms with Crippen LogP contribution < -0.4 is 0 Å². The van der Waals surface area contributed by atoms with Gasteiger partial charge in [-0.2, -0.15) is 0 Å². The van der Waals surface area contributed by atoms with Crippen molar-refractivity contribution in [1.29, 1.82) is 0 Å². The number of ether oxygens (including phenoxy) is 1. The van der Waals surface area contributed by atoms with Crippen molar-refractivity contribution < 1.29 is 6.11 Å². The highest BCUT2D eigenvalue weighted by atomic mass is 28.3. The summed E-state index contributed by atoms with van der Waals surface area (Å²) in [5.41, 5.74) is 1.37. The molecule has 1 atom stereocenters. The van der Waals surface area contributed by atoms with Crippen molar-refractivity contribution in [1.82, 2.24) is 0 Å². The van der Waals surface area contributed by atoms with E-state index in [1.165, 1.54) is 5.56 Å². The van der Waals surface area contributed by atoms with E-state index in [-0.39, 0.29) is 5.73 Å². The van der Waals surface area contributed by atoms with E-state index in [2.05, 4.69) is 43.9 Å². The third kappa shape index (κ3) is 2.50. The van der Waals surface area contributed by atoms with Gasteiger partial charge in [0.15, 0.2) is 0 Å². The first-order chi connectivity index (χ1) is 10.4. The Balaban J connectivity index is 2.51. The molecule has 3 rings (SSSR count). The molecule has 21 heavy (non-hydrogen) atoms. The van der Waals surface area contributed by atoms with Gasteiger partial charge in [0, 0.05) is 7.11 Å². The van der Waals surface area contributed by atoms with Crippen LogP contribution in [0.2, 0.25) is 19.6 Å². The van der Waals surface area contributed by atoms with Crippen molar-refractivity contribution in [2.45, 2.75) is 25.4 Å². The number of rotatable bonds is 3. The van der Waals surface area contributed by atoms with Gasteiger partial charge in [-0.25, -0.2) is 0 Å². The maximum absolute atomic E-state index is 8.55. The van der Waals surface area contributed by atoms with E-state index in [1.807, 2.05) is 24.3 Å². The number of benzene rings is 3. The normalized spacial score (nSPS) is 14.4. The molecule has 2 heteroatoms. The number of hydrogen-bond acceptors (Lipinski definition) is 1. The molecule has 0 fully saturated rings. The lowest BCUT2D eigenvalue weighted by molar-refractivity contribution is 0.162. The molecule has 0 aliphatic carbocycles. The molecule has 108 valence electrons. The SMILES string of the molecule is [2H]c1c2ccccc2c(C(OC)[Si](C)(C)C)c2ccccc12. The lowest BCUT2D eigenvalue weighted by Crippen LogP contribution is -2.32. The van der Waals surface area contributed by atoms with Crippen LogP contribution in [0.3, 0.4) is 0 Å². The number of fused-ring (bicyclic) bond motifs is 2. The molecule has 1 unspecified atom stereocenters. The molecule has 0 aliphatic rings. The first-order valence-corrected chi connectivity index (χ1v) is 11.0. The van der Waals surface area contributed by atoms with Crippen molar-refractivity contribution in [3.63, 3.8) is 0 Å². The molecule has 0 heterocycles. The zero-order valence-corrected chi connectivity index (χ0v) is 14.1. The summed E-state index contributed by atoms with van der Waals surface area (Å²) in [7, 11) is 0.244. The molecule has 0 saturated heterocycles. The lowest BCUT2D eigenvalue weighted by atomic mass is 9.97. The Morgan fingerprint density at radius 1 is 0.905 bits per heavy atom. The molecule has 0 spiro atoms. The monoisotopic (exact) mass is 295 g/mol. The summed E-state index contributed by atoms with van der Waals surface area (Å²) in [6.45, 7) is 7.00. The maximum Gasteiger partial charge on any atom is 0.0842 e. The molecule has 0 saturated carbocycles. The van der Waals surface area contributed by atoms with Crippen LogP contribution in [0.5, 0.6) is 0 Å². The highest BCUT2D eigenvalue weighted by Crippen LogP contribution is 2.38. The van der Waals surface area contributed by atoms with Crippen LogP contribution in [-0.4, -0.2) is 15.2 Å². The van der Waals surface area contributed by atoms with Crippen molar-refractivity contribution in [2.24, 2.45) is 0 Å². The fraction of sp³-hybridized carbons (Fsp3) is 0.263. The molecule has 0 radical (unpaired) electrons. The highest BCUT2D eigenvalue weighted by Gasteiger charge is 2.30. The van der Waals surface area contributed by atoms with Gasteiger partial charge in [-0.3, -0.25) is 0 Å². The molecular weight excluding hydrogens is 272 g/mol. The van der Waals surface area contributed by atoms with Gasteiger partial charge in [-0.05, 0) is 33.2 Å². The average molecular weight is 295 g/mol. The zero-order valence-electron chi connectivity index (χ0n) is 14.1. The topological polar surface area (TPSA) is 9.23 Å². The van der Waals surface area contributed by atoms with Gasteiger partial charge in [0.2, 0.25) is 0 Å². The molecule has 3 aromatic rings. The van der Waals surface area contributed by atoms with Gasteiger partial charge >= 0.3 is 0 Å². The summed E-state index contributed by atoms with van der Waals surface area (Å²) in [5, 5.41) is 4.33. The van der Waals surface area contributed by atoms with Crippen molar-refractivity contribution in [2.75, 3.05) is 7.11 Å². The Morgan fingerprint density at radius 2 is 1.38 bits per heavy atom. The minimum Gasteiger partial charge on any atom is -0.380 e. The summed E-state index contributed by atoms with van der Waals surface area (Å²) >= 11 is 0. The largest absolute Gasteiger partial charge is 0.380 e. The standard InChI is InChI=1S/C19H22OSi/c1-20-19(21(2,3)4)18-16-11-7-5-9-14(16)13-15-10-6-8-12-17(15)18/h5-13,19H,1-4H3/i13D. The van der Waals surface area contributed by atoms with E-state index in [4.69, 9.17) is 6.11 Å². The van der Waals surface area contributed by atoms with Gasteiger partial charge in [0.05, 0.1) is 15.2 Å². The van der Waals surface area contributed by atoms with Crippen LogP contribution >= 0.6 is 0 Å². The van der Waals surface area contributed by atoms with E-state index in [1.54, 1.807) is 7.11 Å². The van der Waals surface area contributed by atoms with E-state index < -0.39 is 8.07 Å². The second-order valence-electron chi connectivity index (χ2n) is 6.61. The van der Waals surface area contributed by atoms with E-state index in [9.17, 15) is 0 Å². The Hall–Kier alpha value is -1.64. The van der Waals surface area contributed by atoms with Crippen molar-refractivity contribution in [3.8, 4) is 0 Å². The van der Waals surface area contributed by atoms with E-state index in [0.29, 0.717) is 6.04 Å². The summed E-state index contributed by atoms with van der Waals surface area (Å²) in [4.78, 5) is 0. The Bertz CT molecular complexity index is 779. The van der Waals surface area contributed by atoms with Gasteiger partial charge < -0.3 is 4.74 Å². The zero-order chi connectivity index (χ0) is 15.9. The molecule has 0 N–H and O–H groups in total. The minimum atomic E-state index is -1.56. The molecule has 3 aromatic carbocycles. The first kappa shape index (κ1) is 13.1. The van der Waals surface area contributed by atoms with Crippen LogP contribution in [-0.2, 0) is 4.74 Å². The Morgan fingerprint density at radius 3 is 1.81 bits per heavy atom. The lowest BCUT2D eigenvalue weighted by Gasteiger charge is -2.30. The van der Waals surface area contributed by atoms with Crippen LogP contribution in [0, 0.1) is 0 Å². The summed E-state index contributed by atoms with van der Waals surface area (Å²) in [6.07, 6.45) is 0. The Labute approximate surface area is 129 Å². The smallest absolute Gasteiger partial charge is 0.0842 e. The molecule has 0 aromatic heterocycles. The minimum absolute atomic E-state index is 0.114. The van der Waals surface area contributed by atoms with Crippen LogP contribution in [0.1, 0.15) is 12.7 Å². The van der Waals surface area contributed by atoms with E-state index >= 15 is 0 Å². The second-order valence-corrected chi connectivity index (χ2v) is 11.9. The molecule has 0 amide bonds. The predicted octanol–water partition coefficient (Wildman–Crippen LogP) is 5.56. The van der Waals surface area contributed by atoms with Gasteiger partial charge in [-0.1, -0.05) is 68.2 Å². The molecule has 0 aliphatic heterocycles. The second kappa shape index (κ2) is 5.28. The van der Waals surface area contributed by atoms with E-state index in [0.717, 1.165) is 21.5 Å². The van der Waals surface area contributed by atoms with Crippen LogP contribution in [0.15, 0.2) is 54.6 Å².